The van der Waals surface area contributed by atoms with Crippen molar-refractivity contribution >= 4 is 33.5 Å². The van der Waals surface area contributed by atoms with Gasteiger partial charge in [-0.15, -0.1) is 0 Å². The highest BCUT2D eigenvalue weighted by Crippen LogP contribution is 2.22. The fourth-order valence-electron chi connectivity index (χ4n) is 2.47. The molecule has 2 rings (SSSR count). The first-order chi connectivity index (χ1) is 11.3. The third-order valence-corrected chi connectivity index (χ3v) is 4.19. The predicted octanol–water partition coefficient (Wildman–Crippen LogP) is 4.56. The number of rotatable bonds is 4. The molecule has 0 saturated heterocycles. The van der Waals surface area contributed by atoms with E-state index < -0.39 is 12.1 Å². The molecule has 24 heavy (non-hydrogen) atoms. The van der Waals surface area contributed by atoms with Crippen molar-refractivity contribution in [2.45, 2.75) is 33.8 Å². The van der Waals surface area contributed by atoms with Gasteiger partial charge in [0, 0.05) is 10.2 Å². The molecule has 0 spiro atoms. The van der Waals surface area contributed by atoms with Crippen LogP contribution in [0, 0.1) is 20.8 Å². The Balaban J connectivity index is 2.05. The van der Waals surface area contributed by atoms with Crippen LogP contribution < -0.4 is 5.32 Å². The fourth-order valence-corrected chi connectivity index (χ4v) is 2.73. The fraction of sp³-hybridized carbons (Fsp3) is 0.263. The Bertz CT molecular complexity index is 746. The van der Waals surface area contributed by atoms with Crippen molar-refractivity contribution in [1.82, 2.24) is 0 Å². The van der Waals surface area contributed by atoms with Gasteiger partial charge in [-0.3, -0.25) is 4.79 Å². The highest BCUT2D eigenvalue weighted by atomic mass is 79.9. The SMILES string of the molecule is Cc1cc(C)c(NC(=O)[C@H](C)OC(=O)c2ccc(Br)cc2)c(C)c1. The zero-order valence-corrected chi connectivity index (χ0v) is 15.7. The highest BCUT2D eigenvalue weighted by Gasteiger charge is 2.20. The van der Waals surface area contributed by atoms with Gasteiger partial charge < -0.3 is 10.1 Å². The molecule has 0 saturated carbocycles. The molecule has 1 N–H and O–H groups in total. The quantitative estimate of drug-likeness (QED) is 0.779. The molecule has 0 heterocycles. The number of halogens is 1. The summed E-state index contributed by atoms with van der Waals surface area (Å²) in [6, 6.07) is 10.8. The zero-order valence-electron chi connectivity index (χ0n) is 14.1. The van der Waals surface area contributed by atoms with E-state index in [0.29, 0.717) is 5.56 Å². The molecule has 0 aliphatic carbocycles. The van der Waals surface area contributed by atoms with E-state index in [1.165, 1.54) is 0 Å². The molecule has 0 aliphatic rings. The Morgan fingerprint density at radius 2 is 1.58 bits per heavy atom. The van der Waals surface area contributed by atoms with E-state index in [-0.39, 0.29) is 5.91 Å². The molecule has 5 heteroatoms. The van der Waals surface area contributed by atoms with Crippen LogP contribution in [0.1, 0.15) is 34.0 Å². The van der Waals surface area contributed by atoms with Gasteiger partial charge >= 0.3 is 5.97 Å². The first-order valence-electron chi connectivity index (χ1n) is 7.63. The standard InChI is InChI=1S/C19H20BrNO3/c1-11-9-12(2)17(13(3)10-11)21-18(22)14(4)24-19(23)15-5-7-16(20)8-6-15/h5-10,14H,1-4H3,(H,21,22)/t14-/m0/s1. The lowest BCUT2D eigenvalue weighted by Crippen LogP contribution is -2.30. The molecule has 1 amide bonds. The van der Waals surface area contributed by atoms with Crippen LogP contribution in [0.5, 0.6) is 0 Å². The molecule has 0 bridgehead atoms. The minimum absolute atomic E-state index is 0.351. The molecule has 1 atom stereocenters. The van der Waals surface area contributed by atoms with Crippen molar-refractivity contribution in [3.05, 3.63) is 63.1 Å². The number of hydrogen-bond acceptors (Lipinski definition) is 3. The Kier molecular flexibility index (Phi) is 5.78. The molecule has 0 aliphatic heterocycles. The second-order valence-electron chi connectivity index (χ2n) is 5.82. The molecule has 4 nitrogen and oxygen atoms in total. The summed E-state index contributed by atoms with van der Waals surface area (Å²) < 4.78 is 6.12. The Labute approximate surface area is 150 Å². The first-order valence-corrected chi connectivity index (χ1v) is 8.42. The van der Waals surface area contributed by atoms with Crippen LogP contribution in [0.25, 0.3) is 0 Å². The van der Waals surface area contributed by atoms with E-state index >= 15 is 0 Å². The lowest BCUT2D eigenvalue weighted by Gasteiger charge is -2.17. The summed E-state index contributed by atoms with van der Waals surface area (Å²) in [4.78, 5) is 24.4. The number of esters is 1. The summed E-state index contributed by atoms with van der Waals surface area (Å²) in [5.41, 5.74) is 4.26. The van der Waals surface area contributed by atoms with Gasteiger partial charge in [0.2, 0.25) is 0 Å². The van der Waals surface area contributed by atoms with E-state index in [1.54, 1.807) is 31.2 Å². The third kappa shape index (κ3) is 4.45. The van der Waals surface area contributed by atoms with Crippen LogP contribution >= 0.6 is 15.9 Å². The van der Waals surface area contributed by atoms with Gasteiger partial charge in [-0.05, 0) is 63.1 Å². The molecule has 0 aromatic heterocycles. The van der Waals surface area contributed by atoms with Crippen molar-refractivity contribution < 1.29 is 14.3 Å². The lowest BCUT2D eigenvalue weighted by atomic mass is 10.0. The Hall–Kier alpha value is -2.14. The number of amides is 1. The van der Waals surface area contributed by atoms with Gasteiger partial charge in [-0.1, -0.05) is 33.6 Å². The Morgan fingerprint density at radius 3 is 2.12 bits per heavy atom. The molecule has 2 aromatic carbocycles. The first kappa shape index (κ1) is 18.2. The zero-order chi connectivity index (χ0) is 17.9. The van der Waals surface area contributed by atoms with Gasteiger partial charge in [-0.2, -0.15) is 0 Å². The second-order valence-corrected chi connectivity index (χ2v) is 6.73. The number of nitrogens with one attached hydrogen (secondary N) is 1. The van der Waals surface area contributed by atoms with Gasteiger partial charge in [-0.25, -0.2) is 4.79 Å². The van der Waals surface area contributed by atoms with Crippen molar-refractivity contribution in [3.63, 3.8) is 0 Å². The van der Waals surface area contributed by atoms with Crippen molar-refractivity contribution in [2.75, 3.05) is 5.32 Å². The summed E-state index contributed by atoms with van der Waals surface area (Å²) in [7, 11) is 0. The summed E-state index contributed by atoms with van der Waals surface area (Å²) >= 11 is 3.31. The van der Waals surface area contributed by atoms with Crippen molar-refractivity contribution in [1.29, 1.82) is 0 Å². The highest BCUT2D eigenvalue weighted by molar-refractivity contribution is 9.10. The van der Waals surface area contributed by atoms with E-state index in [1.807, 2.05) is 32.9 Å². The Morgan fingerprint density at radius 1 is 1.04 bits per heavy atom. The lowest BCUT2D eigenvalue weighted by molar-refractivity contribution is -0.123. The van der Waals surface area contributed by atoms with E-state index in [2.05, 4.69) is 21.2 Å². The number of hydrogen-bond donors (Lipinski definition) is 1. The maximum Gasteiger partial charge on any atom is 0.338 e. The second kappa shape index (κ2) is 7.62. The van der Waals surface area contributed by atoms with Crippen molar-refractivity contribution in [2.24, 2.45) is 0 Å². The summed E-state index contributed by atoms with van der Waals surface area (Å²) in [5, 5.41) is 2.85. The van der Waals surface area contributed by atoms with Gasteiger partial charge in [0.05, 0.1) is 5.56 Å². The van der Waals surface area contributed by atoms with Crippen LogP contribution in [0.4, 0.5) is 5.69 Å². The van der Waals surface area contributed by atoms with Crippen LogP contribution in [-0.2, 0) is 9.53 Å². The number of carbonyl (C=O) groups excluding carboxylic acids is 2. The number of aryl methyl sites for hydroxylation is 3. The molecule has 2 aromatic rings. The maximum absolute atomic E-state index is 12.3. The normalized spacial score (nSPS) is 11.7. The number of ether oxygens (including phenoxy) is 1. The predicted molar refractivity (Wildman–Crippen MR) is 98.3 cm³/mol. The molecule has 0 unspecified atom stereocenters. The largest absolute Gasteiger partial charge is 0.449 e. The van der Waals surface area contributed by atoms with E-state index in [9.17, 15) is 9.59 Å². The van der Waals surface area contributed by atoms with Crippen LogP contribution in [0.2, 0.25) is 0 Å². The minimum atomic E-state index is -0.888. The maximum atomic E-state index is 12.3. The molecular formula is C19H20BrNO3. The number of carbonyl (C=O) groups is 2. The van der Waals surface area contributed by atoms with E-state index in [4.69, 9.17) is 4.74 Å². The van der Waals surface area contributed by atoms with Crippen LogP contribution in [0.15, 0.2) is 40.9 Å². The van der Waals surface area contributed by atoms with E-state index in [0.717, 1.165) is 26.9 Å². The van der Waals surface area contributed by atoms with Crippen LogP contribution in [0.3, 0.4) is 0 Å². The van der Waals surface area contributed by atoms with Crippen molar-refractivity contribution in [3.8, 4) is 0 Å². The van der Waals surface area contributed by atoms with Crippen LogP contribution in [-0.4, -0.2) is 18.0 Å². The van der Waals surface area contributed by atoms with Gasteiger partial charge in [0.15, 0.2) is 6.10 Å². The molecule has 0 radical (unpaired) electrons. The van der Waals surface area contributed by atoms with Gasteiger partial charge in [0.25, 0.3) is 5.91 Å². The van der Waals surface area contributed by atoms with Gasteiger partial charge in [0.1, 0.15) is 0 Å². The molecule has 126 valence electrons. The average molecular weight is 390 g/mol. The number of anilines is 1. The smallest absolute Gasteiger partial charge is 0.338 e. The minimum Gasteiger partial charge on any atom is -0.449 e. The molecule has 0 fully saturated rings. The topological polar surface area (TPSA) is 55.4 Å². The monoisotopic (exact) mass is 389 g/mol. The summed E-state index contributed by atoms with van der Waals surface area (Å²) in [6.07, 6.45) is -0.888. The average Bonchev–Trinajstić information content (AvgIpc) is 2.51. The number of benzene rings is 2. The summed E-state index contributed by atoms with van der Waals surface area (Å²) in [5.74, 6) is -0.877. The molecular weight excluding hydrogens is 370 g/mol. The third-order valence-electron chi connectivity index (χ3n) is 3.66. The summed E-state index contributed by atoms with van der Waals surface area (Å²) in [6.45, 7) is 7.45.